The predicted octanol–water partition coefficient (Wildman–Crippen LogP) is 1.16. The molecule has 7 atom stereocenters. The zero-order valence-corrected chi connectivity index (χ0v) is 21.9. The lowest BCUT2D eigenvalue weighted by Crippen LogP contribution is -2.60. The van der Waals surface area contributed by atoms with Gasteiger partial charge in [-0.1, -0.05) is 11.6 Å². The Balaban J connectivity index is 1.59. The monoisotopic (exact) mass is 521 g/mol. The molecule has 7 unspecified atom stereocenters. The molecule has 0 saturated carbocycles. The number of fused-ring (bicyclic) bond motifs is 2. The summed E-state index contributed by atoms with van der Waals surface area (Å²) in [6.07, 6.45) is -1.07. The Morgan fingerprint density at radius 3 is 2.38 bits per heavy atom. The summed E-state index contributed by atoms with van der Waals surface area (Å²) >= 11 is 0. The number of esters is 1. The second-order valence-electron chi connectivity index (χ2n) is 10.5. The SMILES string of the molecule is COc1cc(C(=O)OC2CC3CCC(C2)N3C)cc(CC=C(C)C)c1OC1OC(CO)C(O)C(O)C1O. The normalized spacial score (nSPS) is 33.6. The number of piperidine rings is 1. The highest BCUT2D eigenvalue weighted by Crippen LogP contribution is 2.38. The van der Waals surface area contributed by atoms with Crippen LogP contribution in [0.25, 0.3) is 0 Å². The van der Waals surface area contributed by atoms with Crippen LogP contribution in [0.4, 0.5) is 0 Å². The number of rotatable bonds is 8. The summed E-state index contributed by atoms with van der Waals surface area (Å²) in [4.78, 5) is 15.6. The Morgan fingerprint density at radius 2 is 1.78 bits per heavy atom. The summed E-state index contributed by atoms with van der Waals surface area (Å²) < 4.78 is 23.0. The van der Waals surface area contributed by atoms with Crippen molar-refractivity contribution in [3.05, 3.63) is 34.9 Å². The van der Waals surface area contributed by atoms with E-state index in [0.717, 1.165) is 31.3 Å². The van der Waals surface area contributed by atoms with Gasteiger partial charge in [0.05, 0.1) is 19.3 Å². The molecule has 3 aliphatic rings. The van der Waals surface area contributed by atoms with Gasteiger partial charge in [0, 0.05) is 30.5 Å². The van der Waals surface area contributed by atoms with E-state index in [9.17, 15) is 25.2 Å². The van der Waals surface area contributed by atoms with Gasteiger partial charge in [0.1, 0.15) is 30.5 Å². The van der Waals surface area contributed by atoms with Crippen molar-refractivity contribution in [1.82, 2.24) is 4.90 Å². The number of nitrogens with zero attached hydrogens (tertiary/aromatic N) is 1. The molecule has 3 saturated heterocycles. The standard InChI is InChI=1S/C27H39NO9/c1-14(2)5-6-15-9-16(26(33)35-19-11-17-7-8-18(12-19)28(17)3)10-20(34-4)25(15)37-27-24(32)23(31)22(30)21(13-29)36-27/h5,9-10,17-19,21-24,27,29-32H,6-8,11-13H2,1-4H3. The van der Waals surface area contributed by atoms with Crippen molar-refractivity contribution in [1.29, 1.82) is 0 Å². The van der Waals surface area contributed by atoms with Crippen LogP contribution in [0.1, 0.15) is 55.5 Å². The van der Waals surface area contributed by atoms with Gasteiger partial charge < -0.3 is 44.3 Å². The number of allylic oxidation sites excluding steroid dienone is 2. The zero-order chi connectivity index (χ0) is 26.9. The minimum Gasteiger partial charge on any atom is -0.493 e. The van der Waals surface area contributed by atoms with E-state index in [-0.39, 0.29) is 17.6 Å². The average Bonchev–Trinajstić information content (AvgIpc) is 3.07. The molecule has 4 N–H and O–H groups in total. The van der Waals surface area contributed by atoms with Gasteiger partial charge in [-0.05, 0) is 52.3 Å². The smallest absolute Gasteiger partial charge is 0.338 e. The fraction of sp³-hybridized carbons (Fsp3) is 0.667. The van der Waals surface area contributed by atoms with Gasteiger partial charge in [0.2, 0.25) is 6.29 Å². The average molecular weight is 522 g/mol. The Morgan fingerprint density at radius 1 is 1.11 bits per heavy atom. The number of aliphatic hydroxyl groups is 4. The van der Waals surface area contributed by atoms with Gasteiger partial charge in [-0.15, -0.1) is 0 Å². The Bertz CT molecular complexity index is 978. The van der Waals surface area contributed by atoms with Gasteiger partial charge in [-0.2, -0.15) is 0 Å². The molecule has 206 valence electrons. The third-order valence-electron chi connectivity index (χ3n) is 7.73. The van der Waals surface area contributed by atoms with Crippen LogP contribution in [0.2, 0.25) is 0 Å². The lowest BCUT2D eigenvalue weighted by atomic mass is 9.99. The van der Waals surface area contributed by atoms with Crippen molar-refractivity contribution in [2.45, 2.75) is 94.8 Å². The lowest BCUT2D eigenvalue weighted by molar-refractivity contribution is -0.277. The van der Waals surface area contributed by atoms with Crippen LogP contribution >= 0.6 is 0 Å². The predicted molar refractivity (Wildman–Crippen MR) is 134 cm³/mol. The van der Waals surface area contributed by atoms with E-state index < -0.39 is 43.3 Å². The van der Waals surface area contributed by atoms with Crippen molar-refractivity contribution < 1.29 is 44.2 Å². The molecule has 10 nitrogen and oxygen atoms in total. The minimum absolute atomic E-state index is 0.140. The number of carbonyl (C=O) groups excluding carboxylic acids is 1. The van der Waals surface area contributed by atoms with E-state index in [1.165, 1.54) is 13.2 Å². The van der Waals surface area contributed by atoms with E-state index in [4.69, 9.17) is 18.9 Å². The first-order valence-corrected chi connectivity index (χ1v) is 12.9. The second kappa shape index (κ2) is 11.7. The molecular formula is C27H39NO9. The Labute approximate surface area is 217 Å². The van der Waals surface area contributed by atoms with E-state index in [2.05, 4.69) is 11.9 Å². The van der Waals surface area contributed by atoms with E-state index in [1.54, 1.807) is 6.07 Å². The van der Waals surface area contributed by atoms with Crippen LogP contribution in [0, 0.1) is 0 Å². The Hall–Kier alpha value is -2.21. The largest absolute Gasteiger partial charge is 0.493 e. The maximum atomic E-state index is 13.2. The molecule has 4 rings (SSSR count). The summed E-state index contributed by atoms with van der Waals surface area (Å²) in [6.45, 7) is 3.32. The van der Waals surface area contributed by atoms with Crippen LogP contribution in [0.5, 0.6) is 11.5 Å². The fourth-order valence-electron chi connectivity index (χ4n) is 5.49. The summed E-state index contributed by atoms with van der Waals surface area (Å²) in [5.74, 6) is 0.00956. The van der Waals surface area contributed by atoms with Gasteiger partial charge >= 0.3 is 5.97 Å². The van der Waals surface area contributed by atoms with E-state index in [0.29, 0.717) is 29.6 Å². The van der Waals surface area contributed by atoms with Gasteiger partial charge in [-0.3, -0.25) is 0 Å². The molecule has 37 heavy (non-hydrogen) atoms. The van der Waals surface area contributed by atoms with Crippen molar-refractivity contribution in [2.75, 3.05) is 20.8 Å². The highest BCUT2D eigenvalue weighted by Gasteiger charge is 2.45. The summed E-state index contributed by atoms with van der Waals surface area (Å²) in [5.41, 5.74) is 1.96. The highest BCUT2D eigenvalue weighted by atomic mass is 16.7. The van der Waals surface area contributed by atoms with Gasteiger partial charge in [0.15, 0.2) is 11.5 Å². The van der Waals surface area contributed by atoms with Crippen LogP contribution in [-0.4, -0.2) is 101 Å². The number of carbonyl (C=O) groups is 1. The number of hydrogen-bond acceptors (Lipinski definition) is 10. The van der Waals surface area contributed by atoms with Gasteiger partial charge in [0.25, 0.3) is 0 Å². The lowest BCUT2D eigenvalue weighted by Gasteiger charge is -2.39. The number of benzene rings is 1. The molecular weight excluding hydrogens is 482 g/mol. The molecule has 1 aromatic carbocycles. The molecule has 10 heteroatoms. The van der Waals surface area contributed by atoms with Crippen molar-refractivity contribution in [3.8, 4) is 11.5 Å². The van der Waals surface area contributed by atoms with E-state index >= 15 is 0 Å². The number of hydrogen-bond donors (Lipinski definition) is 4. The fourth-order valence-corrected chi connectivity index (χ4v) is 5.49. The molecule has 3 heterocycles. The number of methoxy groups -OCH3 is 1. The maximum absolute atomic E-state index is 13.2. The summed E-state index contributed by atoms with van der Waals surface area (Å²) in [5, 5.41) is 40.2. The summed E-state index contributed by atoms with van der Waals surface area (Å²) in [6, 6.07) is 4.08. The summed E-state index contributed by atoms with van der Waals surface area (Å²) in [7, 11) is 3.57. The first-order valence-electron chi connectivity index (χ1n) is 12.9. The molecule has 2 bridgehead atoms. The first-order chi connectivity index (χ1) is 17.6. The maximum Gasteiger partial charge on any atom is 0.338 e. The van der Waals surface area contributed by atoms with Crippen LogP contribution in [0.15, 0.2) is 23.8 Å². The van der Waals surface area contributed by atoms with Crippen molar-refractivity contribution in [2.24, 2.45) is 0 Å². The first kappa shape index (κ1) is 27.8. The van der Waals surface area contributed by atoms with Crippen molar-refractivity contribution in [3.63, 3.8) is 0 Å². The third kappa shape index (κ3) is 5.94. The van der Waals surface area contributed by atoms with Gasteiger partial charge in [-0.25, -0.2) is 4.79 Å². The van der Waals surface area contributed by atoms with Crippen LogP contribution in [-0.2, 0) is 15.9 Å². The van der Waals surface area contributed by atoms with Crippen LogP contribution in [0.3, 0.4) is 0 Å². The molecule has 0 radical (unpaired) electrons. The molecule has 0 aliphatic carbocycles. The molecule has 1 aromatic rings. The minimum atomic E-state index is -1.58. The van der Waals surface area contributed by atoms with Crippen LogP contribution < -0.4 is 9.47 Å². The number of ether oxygens (including phenoxy) is 4. The molecule has 0 amide bonds. The quantitative estimate of drug-likeness (QED) is 0.291. The molecule has 3 aliphatic heterocycles. The Kier molecular flexibility index (Phi) is 8.77. The zero-order valence-electron chi connectivity index (χ0n) is 21.9. The molecule has 0 aromatic heterocycles. The third-order valence-corrected chi connectivity index (χ3v) is 7.73. The molecule has 3 fully saturated rings. The number of aliphatic hydroxyl groups excluding tert-OH is 4. The van der Waals surface area contributed by atoms with E-state index in [1.807, 2.05) is 19.9 Å². The van der Waals surface area contributed by atoms with Crippen molar-refractivity contribution >= 4 is 5.97 Å². The topological polar surface area (TPSA) is 138 Å². The molecule has 0 spiro atoms. The highest BCUT2D eigenvalue weighted by molar-refractivity contribution is 5.91. The second-order valence-corrected chi connectivity index (χ2v) is 10.5.